The molecule has 0 aliphatic heterocycles. The lowest BCUT2D eigenvalue weighted by atomic mass is 10.1. The number of rotatable bonds is 9. The van der Waals surface area contributed by atoms with Gasteiger partial charge in [-0.25, -0.2) is 4.98 Å². The number of nitrogens with zero attached hydrogens (tertiary/aromatic N) is 1. The van der Waals surface area contributed by atoms with Gasteiger partial charge < -0.3 is 15.8 Å². The van der Waals surface area contributed by atoms with Crippen LogP contribution in [0.3, 0.4) is 0 Å². The van der Waals surface area contributed by atoms with Gasteiger partial charge in [-0.2, -0.15) is 4.21 Å². The van der Waals surface area contributed by atoms with E-state index in [2.05, 4.69) is 21.6 Å². The van der Waals surface area contributed by atoms with Crippen molar-refractivity contribution in [1.82, 2.24) is 4.98 Å². The second-order valence-corrected chi connectivity index (χ2v) is 7.72. The highest BCUT2D eigenvalue weighted by atomic mass is 32.2. The Morgan fingerprint density at radius 2 is 1.65 bits per heavy atom. The monoisotopic (exact) mass is 437 g/mol. The molecule has 4 N–H and O–H groups in total. The first-order valence-corrected chi connectivity index (χ1v) is 10.9. The molecule has 0 fully saturated rings. The first kappa shape index (κ1) is 21.2. The van der Waals surface area contributed by atoms with Gasteiger partial charge in [-0.15, -0.1) is 0 Å². The van der Waals surface area contributed by atoms with Gasteiger partial charge in [0.15, 0.2) is 0 Å². The molecule has 0 amide bonds. The van der Waals surface area contributed by atoms with E-state index >= 15 is 0 Å². The number of nitrogens with two attached hydrogens (primary N) is 1. The lowest BCUT2D eigenvalue weighted by Gasteiger charge is -2.15. The number of hydrogen-bond donors (Lipinski definition) is 3. The average Bonchev–Trinajstić information content (AvgIpc) is 2.75. The lowest BCUT2D eigenvalue weighted by molar-refractivity contribution is 0.108. The van der Waals surface area contributed by atoms with E-state index in [1.165, 1.54) is 0 Å². The Labute approximate surface area is 182 Å². The fourth-order valence-electron chi connectivity index (χ4n) is 3.47. The van der Waals surface area contributed by atoms with Crippen LogP contribution < -0.4 is 11.1 Å². The van der Waals surface area contributed by atoms with Gasteiger partial charge in [-0.1, -0.05) is 36.4 Å². The maximum atomic E-state index is 10.5. The number of nitrogen functional groups attached to an aromatic ring is 1. The van der Waals surface area contributed by atoms with Gasteiger partial charge in [0.25, 0.3) is 0 Å². The molecule has 0 spiro atoms. The van der Waals surface area contributed by atoms with Gasteiger partial charge in [0, 0.05) is 28.8 Å². The maximum Gasteiger partial charge on any atom is 0.301 e. The summed E-state index contributed by atoms with van der Waals surface area (Å²) in [6.07, 6.45) is 0.523. The first-order valence-electron chi connectivity index (χ1n) is 9.86. The number of benzene rings is 3. The van der Waals surface area contributed by atoms with Gasteiger partial charge in [-0.05, 0) is 42.3 Å². The molecule has 0 radical (unpaired) electrons. The number of pyridine rings is 1. The summed E-state index contributed by atoms with van der Waals surface area (Å²) in [7, 11) is 0. The zero-order valence-electron chi connectivity index (χ0n) is 16.8. The number of aromatic nitrogens is 1. The van der Waals surface area contributed by atoms with E-state index in [4.69, 9.17) is 20.0 Å². The Hall–Kier alpha value is -3.04. The van der Waals surface area contributed by atoms with E-state index in [0.717, 1.165) is 38.7 Å². The molecule has 1 unspecified atom stereocenters. The van der Waals surface area contributed by atoms with E-state index in [1.807, 2.05) is 54.6 Å². The number of ether oxygens (including phenoxy) is 1. The Morgan fingerprint density at radius 1 is 0.968 bits per heavy atom. The van der Waals surface area contributed by atoms with Gasteiger partial charge in [-0.3, -0.25) is 8.74 Å². The summed E-state index contributed by atoms with van der Waals surface area (Å²) in [6.45, 7) is 0.948. The summed E-state index contributed by atoms with van der Waals surface area (Å²) in [6, 6.07) is 21.8. The van der Waals surface area contributed by atoms with Crippen LogP contribution in [-0.4, -0.2) is 27.0 Å². The predicted octanol–water partition coefficient (Wildman–Crippen LogP) is 4.77. The van der Waals surface area contributed by atoms with Crippen molar-refractivity contribution >= 4 is 50.2 Å². The van der Waals surface area contributed by atoms with Crippen LogP contribution in [0.2, 0.25) is 0 Å². The van der Waals surface area contributed by atoms with Gasteiger partial charge in [0.1, 0.15) is 0 Å². The molecule has 1 heterocycles. The standard InChI is InChI=1S/C23H23N3O4S/c24-17-12-16(15-29-10-5-11-30-31(27)28)13-18(14-17)25-23-19-6-1-3-8-21(19)26-22-9-4-2-7-20(22)23/h1-4,6-9,12-14H,5,10-11,15,24H2,(H,25,26)(H,27,28). The molecular formula is C23H23N3O4S. The van der Waals surface area contributed by atoms with E-state index in [1.54, 1.807) is 0 Å². The zero-order chi connectivity index (χ0) is 21.6. The molecule has 4 rings (SSSR count). The molecule has 1 atom stereocenters. The van der Waals surface area contributed by atoms with Crippen molar-refractivity contribution in [3.8, 4) is 0 Å². The minimum atomic E-state index is -2.24. The normalized spacial score (nSPS) is 12.3. The SMILES string of the molecule is Nc1cc(COCCCOS(=O)O)cc(Nc2c3ccccc3nc3ccccc23)c1. The number of anilines is 3. The minimum absolute atomic E-state index is 0.162. The minimum Gasteiger partial charge on any atom is -0.399 e. The lowest BCUT2D eigenvalue weighted by Crippen LogP contribution is -2.03. The largest absolute Gasteiger partial charge is 0.399 e. The van der Waals surface area contributed by atoms with Crippen molar-refractivity contribution in [3.63, 3.8) is 0 Å². The molecule has 1 aromatic heterocycles. The summed E-state index contributed by atoms with van der Waals surface area (Å²) in [5, 5.41) is 5.60. The van der Waals surface area contributed by atoms with Crippen LogP contribution in [0.15, 0.2) is 66.7 Å². The maximum absolute atomic E-state index is 10.5. The van der Waals surface area contributed by atoms with Crippen molar-refractivity contribution in [2.45, 2.75) is 13.0 Å². The smallest absolute Gasteiger partial charge is 0.301 e. The van der Waals surface area contributed by atoms with E-state index in [9.17, 15) is 4.21 Å². The molecular weight excluding hydrogens is 414 g/mol. The molecule has 4 aromatic rings. The van der Waals surface area contributed by atoms with Crippen molar-refractivity contribution in [2.24, 2.45) is 0 Å². The van der Waals surface area contributed by atoms with Gasteiger partial charge in [0.05, 0.1) is 29.9 Å². The molecule has 8 heteroatoms. The fraction of sp³-hybridized carbons (Fsp3) is 0.174. The van der Waals surface area contributed by atoms with Crippen molar-refractivity contribution in [3.05, 3.63) is 72.3 Å². The summed E-state index contributed by atoms with van der Waals surface area (Å²) in [4.78, 5) is 4.76. The number of fused-ring (bicyclic) bond motifs is 2. The quantitative estimate of drug-likeness (QED) is 0.150. The van der Waals surface area contributed by atoms with Crippen LogP contribution in [0.25, 0.3) is 21.8 Å². The molecule has 0 aliphatic rings. The Kier molecular flexibility index (Phi) is 6.73. The highest BCUT2D eigenvalue weighted by Crippen LogP contribution is 2.33. The van der Waals surface area contributed by atoms with Crippen molar-refractivity contribution in [1.29, 1.82) is 0 Å². The van der Waals surface area contributed by atoms with E-state index < -0.39 is 11.4 Å². The van der Waals surface area contributed by atoms with E-state index in [0.29, 0.717) is 25.3 Å². The summed E-state index contributed by atoms with van der Waals surface area (Å²) in [5.41, 5.74) is 11.4. The number of hydrogen-bond acceptors (Lipinski definition) is 6. The van der Waals surface area contributed by atoms with Crippen molar-refractivity contribution < 1.29 is 17.7 Å². The zero-order valence-corrected chi connectivity index (χ0v) is 17.6. The third-order valence-corrected chi connectivity index (χ3v) is 5.13. The second kappa shape index (κ2) is 9.84. The highest BCUT2D eigenvalue weighted by molar-refractivity contribution is 7.74. The molecule has 0 saturated carbocycles. The van der Waals surface area contributed by atoms with Crippen LogP contribution >= 0.6 is 0 Å². The number of nitrogens with one attached hydrogen (secondary N) is 1. The predicted molar refractivity (Wildman–Crippen MR) is 124 cm³/mol. The molecule has 3 aromatic carbocycles. The number of para-hydroxylation sites is 2. The molecule has 0 saturated heterocycles. The van der Waals surface area contributed by atoms with Crippen LogP contribution in [0.4, 0.5) is 17.1 Å². The van der Waals surface area contributed by atoms with Gasteiger partial charge >= 0.3 is 11.4 Å². The van der Waals surface area contributed by atoms with Crippen molar-refractivity contribution in [2.75, 3.05) is 24.3 Å². The Balaban J connectivity index is 1.55. The topological polar surface area (TPSA) is 107 Å². The summed E-state index contributed by atoms with van der Waals surface area (Å²) in [5.74, 6) is 0. The van der Waals surface area contributed by atoms with Crippen LogP contribution in [0.1, 0.15) is 12.0 Å². The molecule has 160 valence electrons. The Morgan fingerprint density at radius 3 is 2.32 bits per heavy atom. The summed E-state index contributed by atoms with van der Waals surface area (Å²) < 4.78 is 29.3. The first-order chi connectivity index (χ1) is 15.1. The molecule has 0 aliphatic carbocycles. The highest BCUT2D eigenvalue weighted by Gasteiger charge is 2.10. The van der Waals surface area contributed by atoms with E-state index in [-0.39, 0.29) is 6.61 Å². The average molecular weight is 438 g/mol. The molecule has 31 heavy (non-hydrogen) atoms. The third-order valence-electron chi connectivity index (χ3n) is 4.76. The van der Waals surface area contributed by atoms with Crippen LogP contribution in [-0.2, 0) is 26.9 Å². The van der Waals surface area contributed by atoms with Crippen LogP contribution in [0.5, 0.6) is 0 Å². The fourth-order valence-corrected chi connectivity index (χ4v) is 3.73. The second-order valence-electron chi connectivity index (χ2n) is 7.05. The molecule has 7 nitrogen and oxygen atoms in total. The third kappa shape index (κ3) is 5.36. The summed E-state index contributed by atoms with van der Waals surface area (Å²) >= 11 is -2.24. The van der Waals surface area contributed by atoms with Crippen LogP contribution in [0, 0.1) is 0 Å². The van der Waals surface area contributed by atoms with Gasteiger partial charge in [0.2, 0.25) is 0 Å². The molecule has 0 bridgehead atoms. The Bertz CT molecular complexity index is 1180.